The Balaban J connectivity index is 2.79. The summed E-state index contributed by atoms with van der Waals surface area (Å²) in [4.78, 5) is 0. The predicted octanol–water partition coefficient (Wildman–Crippen LogP) is 0.480. The first kappa shape index (κ1) is 10.9. The van der Waals surface area contributed by atoms with Gasteiger partial charge in [0.25, 0.3) is 0 Å². The van der Waals surface area contributed by atoms with Gasteiger partial charge in [-0.05, 0) is 32.6 Å². The summed E-state index contributed by atoms with van der Waals surface area (Å²) in [6, 6.07) is 0. The van der Waals surface area contributed by atoms with E-state index >= 15 is 0 Å². The molecular formula is C8H17NO3S. The van der Waals surface area contributed by atoms with Crippen LogP contribution in [0.15, 0.2) is 0 Å². The average molecular weight is 207 g/mol. The molecule has 13 heavy (non-hydrogen) atoms. The highest BCUT2D eigenvalue weighted by molar-refractivity contribution is 7.90. The fourth-order valence-electron chi connectivity index (χ4n) is 1.63. The van der Waals surface area contributed by atoms with Crippen LogP contribution in [0.5, 0.6) is 0 Å². The summed E-state index contributed by atoms with van der Waals surface area (Å²) >= 11 is 0. The zero-order valence-electron chi connectivity index (χ0n) is 8.12. The van der Waals surface area contributed by atoms with Crippen LogP contribution in [0, 0.1) is 5.92 Å². The van der Waals surface area contributed by atoms with E-state index in [1.54, 1.807) is 13.8 Å². The molecule has 0 bridgehead atoms. The molecule has 4 nitrogen and oxygen atoms in total. The maximum Gasteiger partial charge on any atom is 0.214 e. The van der Waals surface area contributed by atoms with Crippen molar-refractivity contribution in [3.63, 3.8) is 0 Å². The molecule has 0 unspecified atom stereocenters. The van der Waals surface area contributed by atoms with Gasteiger partial charge in [0.2, 0.25) is 10.0 Å². The molecule has 0 spiro atoms. The van der Waals surface area contributed by atoms with Crippen LogP contribution in [0.4, 0.5) is 0 Å². The summed E-state index contributed by atoms with van der Waals surface area (Å²) < 4.78 is 26.9. The largest absolute Gasteiger partial charge is 0.381 e. The predicted molar refractivity (Wildman–Crippen MR) is 50.7 cm³/mol. The summed E-state index contributed by atoms with van der Waals surface area (Å²) in [5.41, 5.74) is 0. The lowest BCUT2D eigenvalue weighted by molar-refractivity contribution is 0.0564. The fraction of sp³-hybridized carbons (Fsp3) is 1.00. The van der Waals surface area contributed by atoms with E-state index in [2.05, 4.69) is 0 Å². The SMILES string of the molecule is CC(C)(C1CCOCC1)S(N)(=O)=O. The highest BCUT2D eigenvalue weighted by atomic mass is 32.2. The summed E-state index contributed by atoms with van der Waals surface area (Å²) in [5, 5.41) is 5.18. The minimum absolute atomic E-state index is 0.122. The molecule has 0 saturated carbocycles. The Morgan fingerprint density at radius 3 is 2.15 bits per heavy atom. The molecule has 1 aliphatic rings. The molecule has 1 heterocycles. The number of ether oxygens (including phenoxy) is 1. The lowest BCUT2D eigenvalue weighted by atomic mass is 9.88. The first-order valence-corrected chi connectivity index (χ1v) is 6.00. The standard InChI is InChI=1S/C8H17NO3S/c1-8(2,13(9,10)11)7-3-5-12-6-4-7/h7H,3-6H2,1-2H3,(H2,9,10,11). The smallest absolute Gasteiger partial charge is 0.214 e. The normalized spacial score (nSPS) is 21.8. The summed E-state index contributed by atoms with van der Waals surface area (Å²) in [7, 11) is -3.46. The van der Waals surface area contributed by atoms with Gasteiger partial charge in [0.1, 0.15) is 0 Å². The van der Waals surface area contributed by atoms with Crippen LogP contribution >= 0.6 is 0 Å². The maximum atomic E-state index is 11.3. The Bertz CT molecular complexity index is 265. The summed E-state index contributed by atoms with van der Waals surface area (Å²) in [5.74, 6) is 0.122. The van der Waals surface area contributed by atoms with E-state index in [1.807, 2.05) is 0 Å². The Morgan fingerprint density at radius 1 is 1.31 bits per heavy atom. The number of primary sulfonamides is 1. The quantitative estimate of drug-likeness (QED) is 0.716. The van der Waals surface area contributed by atoms with Crippen LogP contribution in [-0.4, -0.2) is 26.4 Å². The van der Waals surface area contributed by atoms with Crippen molar-refractivity contribution in [3.05, 3.63) is 0 Å². The molecule has 2 N–H and O–H groups in total. The molecule has 0 atom stereocenters. The highest BCUT2D eigenvalue weighted by Gasteiger charge is 2.40. The molecule has 1 aliphatic heterocycles. The van der Waals surface area contributed by atoms with Gasteiger partial charge in [-0.1, -0.05) is 0 Å². The second-order valence-electron chi connectivity index (χ2n) is 4.04. The van der Waals surface area contributed by atoms with Crippen molar-refractivity contribution in [2.24, 2.45) is 11.1 Å². The first-order valence-electron chi connectivity index (χ1n) is 4.46. The topological polar surface area (TPSA) is 69.4 Å². The Kier molecular flexibility index (Phi) is 2.99. The van der Waals surface area contributed by atoms with Crippen LogP contribution in [0.25, 0.3) is 0 Å². The molecular weight excluding hydrogens is 190 g/mol. The van der Waals surface area contributed by atoms with Crippen molar-refractivity contribution in [1.29, 1.82) is 0 Å². The van der Waals surface area contributed by atoms with E-state index in [0.29, 0.717) is 13.2 Å². The molecule has 78 valence electrons. The molecule has 1 saturated heterocycles. The van der Waals surface area contributed by atoms with Crippen LogP contribution in [0.3, 0.4) is 0 Å². The molecule has 1 rings (SSSR count). The third-order valence-electron chi connectivity index (χ3n) is 2.94. The van der Waals surface area contributed by atoms with Crippen molar-refractivity contribution in [3.8, 4) is 0 Å². The van der Waals surface area contributed by atoms with E-state index < -0.39 is 14.8 Å². The Hall–Kier alpha value is -0.130. The number of rotatable bonds is 2. The minimum Gasteiger partial charge on any atom is -0.381 e. The fourth-order valence-corrected chi connectivity index (χ4v) is 2.33. The zero-order valence-corrected chi connectivity index (χ0v) is 8.93. The van der Waals surface area contributed by atoms with Gasteiger partial charge < -0.3 is 4.74 Å². The monoisotopic (exact) mass is 207 g/mol. The number of hydrogen-bond acceptors (Lipinski definition) is 3. The second-order valence-corrected chi connectivity index (χ2v) is 6.18. The molecule has 1 fully saturated rings. The lowest BCUT2D eigenvalue weighted by Gasteiger charge is -2.34. The zero-order chi connectivity index (χ0) is 10.1. The van der Waals surface area contributed by atoms with Gasteiger partial charge >= 0.3 is 0 Å². The van der Waals surface area contributed by atoms with Gasteiger partial charge in [-0.3, -0.25) is 0 Å². The third kappa shape index (κ3) is 2.21. The van der Waals surface area contributed by atoms with Gasteiger partial charge in [0.15, 0.2) is 0 Å². The summed E-state index contributed by atoms with van der Waals surface area (Å²) in [6.45, 7) is 4.67. The number of nitrogens with two attached hydrogens (primary N) is 1. The van der Waals surface area contributed by atoms with E-state index in [9.17, 15) is 8.42 Å². The van der Waals surface area contributed by atoms with E-state index in [4.69, 9.17) is 9.88 Å². The van der Waals surface area contributed by atoms with Gasteiger partial charge in [-0.25, -0.2) is 13.6 Å². The molecule has 5 heteroatoms. The first-order chi connectivity index (χ1) is 5.86. The number of hydrogen-bond donors (Lipinski definition) is 1. The number of sulfonamides is 1. The average Bonchev–Trinajstić information content (AvgIpc) is 2.04. The van der Waals surface area contributed by atoms with E-state index in [-0.39, 0.29) is 5.92 Å². The van der Waals surface area contributed by atoms with Gasteiger partial charge in [-0.15, -0.1) is 0 Å². The second kappa shape index (κ2) is 3.55. The minimum atomic E-state index is -3.46. The van der Waals surface area contributed by atoms with Crippen molar-refractivity contribution < 1.29 is 13.2 Å². The lowest BCUT2D eigenvalue weighted by Crippen LogP contribution is -2.46. The van der Waals surface area contributed by atoms with Crippen LogP contribution in [-0.2, 0) is 14.8 Å². The van der Waals surface area contributed by atoms with Gasteiger partial charge in [-0.2, -0.15) is 0 Å². The highest BCUT2D eigenvalue weighted by Crippen LogP contribution is 2.31. The van der Waals surface area contributed by atoms with Crippen molar-refractivity contribution in [2.75, 3.05) is 13.2 Å². The van der Waals surface area contributed by atoms with E-state index in [1.165, 1.54) is 0 Å². The molecule has 0 aliphatic carbocycles. The van der Waals surface area contributed by atoms with Gasteiger partial charge in [0, 0.05) is 13.2 Å². The van der Waals surface area contributed by atoms with Crippen LogP contribution in [0.2, 0.25) is 0 Å². The third-order valence-corrected chi connectivity index (χ3v) is 4.74. The summed E-state index contributed by atoms with van der Waals surface area (Å²) in [6.07, 6.45) is 1.56. The molecule has 0 aromatic carbocycles. The van der Waals surface area contributed by atoms with Crippen molar-refractivity contribution >= 4 is 10.0 Å². The Labute approximate surface area is 79.5 Å². The van der Waals surface area contributed by atoms with Gasteiger partial charge in [0.05, 0.1) is 4.75 Å². The molecule has 0 radical (unpaired) electrons. The van der Waals surface area contributed by atoms with Crippen LogP contribution in [0.1, 0.15) is 26.7 Å². The maximum absolute atomic E-state index is 11.3. The van der Waals surface area contributed by atoms with Crippen molar-refractivity contribution in [1.82, 2.24) is 0 Å². The van der Waals surface area contributed by atoms with E-state index in [0.717, 1.165) is 12.8 Å². The molecule has 0 aromatic heterocycles. The van der Waals surface area contributed by atoms with Crippen LogP contribution < -0.4 is 5.14 Å². The molecule has 0 aromatic rings. The Morgan fingerprint density at radius 2 is 1.77 bits per heavy atom. The van der Waals surface area contributed by atoms with Crippen molar-refractivity contribution in [2.45, 2.75) is 31.4 Å². The molecule has 0 amide bonds.